The number of aromatic hydroxyl groups is 1. The van der Waals surface area contributed by atoms with Gasteiger partial charge in [-0.15, -0.1) is 0 Å². The Hall–Kier alpha value is -1.06. The average Bonchev–Trinajstić information content (AvgIpc) is 2.73. The number of benzene rings is 1. The van der Waals surface area contributed by atoms with E-state index in [0.717, 1.165) is 19.6 Å². The van der Waals surface area contributed by atoms with Gasteiger partial charge in [-0.2, -0.15) is 0 Å². The third-order valence-corrected chi connectivity index (χ3v) is 3.61. The van der Waals surface area contributed by atoms with Gasteiger partial charge in [0.15, 0.2) is 0 Å². The van der Waals surface area contributed by atoms with Crippen LogP contribution < -0.4 is 5.32 Å². The number of phenolic OH excluding ortho intramolecular Hbond substituents is 1. The highest BCUT2D eigenvalue weighted by Gasteiger charge is 2.24. The third-order valence-electron chi connectivity index (χ3n) is 3.61. The molecule has 0 aliphatic carbocycles. The van der Waals surface area contributed by atoms with Crippen molar-refractivity contribution in [2.24, 2.45) is 5.92 Å². The fraction of sp³-hybridized carbons (Fsp3) is 0.571. The summed E-state index contributed by atoms with van der Waals surface area (Å²) in [5, 5.41) is 12.8. The summed E-state index contributed by atoms with van der Waals surface area (Å²) < 4.78 is 5.55. The van der Waals surface area contributed by atoms with Gasteiger partial charge in [0, 0.05) is 19.2 Å². The number of hydrogen-bond acceptors (Lipinski definition) is 3. The maximum atomic E-state index is 9.24. The molecule has 1 fully saturated rings. The predicted octanol–water partition coefficient (Wildman–Crippen LogP) is 2.47. The standard InChI is InChI=1S/C14H21NO2/c1-10(12-3-5-14(16)6-4-12)15-9-13-7-8-17-11(13)2/h3-6,10-11,13,15-16H,7-9H2,1-2H3. The average molecular weight is 235 g/mol. The van der Waals surface area contributed by atoms with Gasteiger partial charge in [0.05, 0.1) is 6.10 Å². The van der Waals surface area contributed by atoms with Gasteiger partial charge in [0.1, 0.15) is 5.75 Å². The van der Waals surface area contributed by atoms with Gasteiger partial charge in [0.25, 0.3) is 0 Å². The molecule has 0 bridgehead atoms. The highest BCUT2D eigenvalue weighted by Crippen LogP contribution is 2.21. The predicted molar refractivity (Wildman–Crippen MR) is 68.0 cm³/mol. The smallest absolute Gasteiger partial charge is 0.115 e. The fourth-order valence-corrected chi connectivity index (χ4v) is 2.25. The highest BCUT2D eigenvalue weighted by atomic mass is 16.5. The lowest BCUT2D eigenvalue weighted by atomic mass is 10.0. The molecule has 3 heteroatoms. The molecule has 0 saturated carbocycles. The van der Waals surface area contributed by atoms with Crippen molar-refractivity contribution >= 4 is 0 Å². The molecule has 1 aliphatic heterocycles. The van der Waals surface area contributed by atoms with Crippen molar-refractivity contribution in [2.45, 2.75) is 32.4 Å². The zero-order valence-corrected chi connectivity index (χ0v) is 10.5. The van der Waals surface area contributed by atoms with E-state index in [0.29, 0.717) is 23.8 Å². The SMILES string of the molecule is CC(NCC1CCOC1C)c1ccc(O)cc1. The summed E-state index contributed by atoms with van der Waals surface area (Å²) in [4.78, 5) is 0. The number of hydrogen-bond donors (Lipinski definition) is 2. The monoisotopic (exact) mass is 235 g/mol. The first-order valence-electron chi connectivity index (χ1n) is 6.30. The van der Waals surface area contributed by atoms with Crippen molar-refractivity contribution in [3.8, 4) is 5.75 Å². The molecule has 0 aromatic heterocycles. The van der Waals surface area contributed by atoms with Crippen LogP contribution in [0.25, 0.3) is 0 Å². The lowest BCUT2D eigenvalue weighted by Crippen LogP contribution is -2.29. The number of ether oxygens (including phenoxy) is 1. The van der Waals surface area contributed by atoms with E-state index in [9.17, 15) is 5.11 Å². The molecule has 1 aromatic rings. The minimum Gasteiger partial charge on any atom is -0.508 e. The lowest BCUT2D eigenvalue weighted by molar-refractivity contribution is 0.105. The Labute approximate surface area is 103 Å². The molecular weight excluding hydrogens is 214 g/mol. The molecule has 1 aromatic carbocycles. The van der Waals surface area contributed by atoms with E-state index in [-0.39, 0.29) is 0 Å². The zero-order chi connectivity index (χ0) is 12.3. The van der Waals surface area contributed by atoms with Gasteiger partial charge in [-0.05, 0) is 43.9 Å². The van der Waals surface area contributed by atoms with E-state index >= 15 is 0 Å². The molecule has 2 N–H and O–H groups in total. The minimum absolute atomic E-state index is 0.309. The molecule has 0 spiro atoms. The molecule has 3 unspecified atom stereocenters. The van der Waals surface area contributed by atoms with Crippen LogP contribution in [0.4, 0.5) is 0 Å². The molecule has 3 nitrogen and oxygen atoms in total. The van der Waals surface area contributed by atoms with E-state index in [1.165, 1.54) is 5.56 Å². The van der Waals surface area contributed by atoms with Crippen molar-refractivity contribution in [3.05, 3.63) is 29.8 Å². The Morgan fingerprint density at radius 2 is 2.12 bits per heavy atom. The van der Waals surface area contributed by atoms with Crippen LogP contribution in [0.5, 0.6) is 5.75 Å². The van der Waals surface area contributed by atoms with Crippen LogP contribution in [-0.2, 0) is 4.74 Å². The summed E-state index contributed by atoms with van der Waals surface area (Å²) in [5.74, 6) is 0.938. The van der Waals surface area contributed by atoms with E-state index < -0.39 is 0 Å². The quantitative estimate of drug-likeness (QED) is 0.842. The summed E-state index contributed by atoms with van der Waals surface area (Å²) in [6.07, 6.45) is 1.52. The Morgan fingerprint density at radius 1 is 1.41 bits per heavy atom. The van der Waals surface area contributed by atoms with Crippen LogP contribution >= 0.6 is 0 Å². The number of rotatable bonds is 4. The van der Waals surface area contributed by atoms with Gasteiger partial charge in [-0.25, -0.2) is 0 Å². The number of phenols is 1. The summed E-state index contributed by atoms with van der Waals surface area (Å²) in [6.45, 7) is 6.17. The molecule has 17 heavy (non-hydrogen) atoms. The second kappa shape index (κ2) is 5.52. The van der Waals surface area contributed by atoms with Crippen LogP contribution in [-0.4, -0.2) is 24.4 Å². The molecule has 2 rings (SSSR count). The first kappa shape index (κ1) is 12.4. The first-order chi connectivity index (χ1) is 8.16. The summed E-state index contributed by atoms with van der Waals surface area (Å²) >= 11 is 0. The van der Waals surface area contributed by atoms with Crippen LogP contribution in [0.2, 0.25) is 0 Å². The third kappa shape index (κ3) is 3.20. The van der Waals surface area contributed by atoms with Gasteiger partial charge in [-0.3, -0.25) is 0 Å². The largest absolute Gasteiger partial charge is 0.508 e. The van der Waals surface area contributed by atoms with Gasteiger partial charge in [0.2, 0.25) is 0 Å². The Morgan fingerprint density at radius 3 is 2.71 bits per heavy atom. The van der Waals surface area contributed by atoms with E-state index in [1.807, 2.05) is 12.1 Å². The molecule has 1 aliphatic rings. The lowest BCUT2D eigenvalue weighted by Gasteiger charge is -2.19. The highest BCUT2D eigenvalue weighted by molar-refractivity contribution is 5.27. The molecule has 3 atom stereocenters. The van der Waals surface area contributed by atoms with E-state index in [2.05, 4.69) is 19.2 Å². The van der Waals surface area contributed by atoms with E-state index in [4.69, 9.17) is 4.74 Å². The Bertz CT molecular complexity index is 350. The first-order valence-corrected chi connectivity index (χ1v) is 6.30. The normalized spacial score (nSPS) is 26.0. The summed E-state index contributed by atoms with van der Waals surface area (Å²) in [5.41, 5.74) is 1.20. The molecule has 0 radical (unpaired) electrons. The zero-order valence-electron chi connectivity index (χ0n) is 10.5. The van der Waals surface area contributed by atoms with Gasteiger partial charge in [-0.1, -0.05) is 12.1 Å². The summed E-state index contributed by atoms with van der Waals surface area (Å²) in [7, 11) is 0. The molecule has 1 heterocycles. The Balaban J connectivity index is 1.84. The van der Waals surface area contributed by atoms with Crippen molar-refractivity contribution < 1.29 is 9.84 Å². The maximum absolute atomic E-state index is 9.24. The topological polar surface area (TPSA) is 41.5 Å². The fourth-order valence-electron chi connectivity index (χ4n) is 2.25. The van der Waals surface area contributed by atoms with Gasteiger partial charge >= 0.3 is 0 Å². The van der Waals surface area contributed by atoms with Crippen LogP contribution in [0.1, 0.15) is 31.9 Å². The van der Waals surface area contributed by atoms with Crippen molar-refractivity contribution in [1.82, 2.24) is 5.32 Å². The van der Waals surface area contributed by atoms with Gasteiger partial charge < -0.3 is 15.2 Å². The van der Waals surface area contributed by atoms with Crippen molar-refractivity contribution in [3.63, 3.8) is 0 Å². The van der Waals surface area contributed by atoms with Crippen LogP contribution in [0.3, 0.4) is 0 Å². The van der Waals surface area contributed by atoms with Crippen molar-refractivity contribution in [2.75, 3.05) is 13.2 Å². The van der Waals surface area contributed by atoms with E-state index in [1.54, 1.807) is 12.1 Å². The molecule has 1 saturated heterocycles. The second-order valence-corrected chi connectivity index (χ2v) is 4.85. The molecule has 0 amide bonds. The van der Waals surface area contributed by atoms with Crippen molar-refractivity contribution in [1.29, 1.82) is 0 Å². The summed E-state index contributed by atoms with van der Waals surface area (Å²) in [6, 6.07) is 7.69. The van der Waals surface area contributed by atoms with Crippen LogP contribution in [0, 0.1) is 5.92 Å². The maximum Gasteiger partial charge on any atom is 0.115 e. The minimum atomic E-state index is 0.309. The number of nitrogens with one attached hydrogen (secondary N) is 1. The second-order valence-electron chi connectivity index (χ2n) is 4.85. The molecular formula is C14H21NO2. The molecule has 94 valence electrons. The van der Waals surface area contributed by atoms with Crippen LogP contribution in [0.15, 0.2) is 24.3 Å². The Kier molecular flexibility index (Phi) is 4.02.